The van der Waals surface area contributed by atoms with Crippen molar-refractivity contribution in [1.82, 2.24) is 0 Å². The summed E-state index contributed by atoms with van der Waals surface area (Å²) in [4.78, 5) is 0. The highest BCUT2D eigenvalue weighted by molar-refractivity contribution is 9.10. The van der Waals surface area contributed by atoms with E-state index in [1.165, 1.54) is 68.9 Å². The Bertz CT molecular complexity index is 659. The van der Waals surface area contributed by atoms with Gasteiger partial charge in [0.1, 0.15) is 0 Å². The Labute approximate surface area is 144 Å². The molecular formula is C19H20Br2. The van der Waals surface area contributed by atoms with E-state index in [0.29, 0.717) is 0 Å². The molecule has 1 aliphatic carbocycles. The fraction of sp³-hybridized carbons (Fsp3) is 0.368. The Balaban J connectivity index is 1.91. The van der Waals surface area contributed by atoms with Crippen LogP contribution in [0.5, 0.6) is 0 Å². The Kier molecular flexibility index (Phi) is 4.85. The maximum atomic E-state index is 3.77. The topological polar surface area (TPSA) is 0 Å². The van der Waals surface area contributed by atoms with E-state index in [0.717, 1.165) is 6.42 Å². The van der Waals surface area contributed by atoms with Crippen molar-refractivity contribution in [2.75, 3.05) is 0 Å². The quantitative estimate of drug-likeness (QED) is 0.403. The first-order valence-corrected chi connectivity index (χ1v) is 9.38. The van der Waals surface area contributed by atoms with Crippen LogP contribution in [0.1, 0.15) is 49.3 Å². The number of halogens is 2. The summed E-state index contributed by atoms with van der Waals surface area (Å²) in [6.45, 7) is 2.27. The molecule has 0 aromatic heterocycles. The zero-order valence-electron chi connectivity index (χ0n) is 12.4. The molecule has 0 fully saturated rings. The van der Waals surface area contributed by atoms with Gasteiger partial charge in [-0.3, -0.25) is 0 Å². The molecule has 2 aromatic carbocycles. The molecule has 0 nitrogen and oxygen atoms in total. The first kappa shape index (κ1) is 15.3. The minimum absolute atomic E-state index is 1.08. The van der Waals surface area contributed by atoms with E-state index < -0.39 is 0 Å². The monoisotopic (exact) mass is 406 g/mol. The normalized spacial score (nSPS) is 12.3. The highest BCUT2D eigenvalue weighted by atomic mass is 79.9. The van der Waals surface area contributed by atoms with Gasteiger partial charge in [-0.1, -0.05) is 70.2 Å². The summed E-state index contributed by atoms with van der Waals surface area (Å²) in [6.07, 6.45) is 7.55. The lowest BCUT2D eigenvalue weighted by Crippen LogP contribution is -1.95. The molecule has 2 aromatic rings. The van der Waals surface area contributed by atoms with E-state index in [1.807, 2.05) is 0 Å². The molecule has 0 saturated heterocycles. The highest BCUT2D eigenvalue weighted by Gasteiger charge is 2.22. The summed E-state index contributed by atoms with van der Waals surface area (Å²) < 4.78 is 2.46. The summed E-state index contributed by atoms with van der Waals surface area (Å²) in [6, 6.07) is 11.2. The standard InChI is InChI=1S/C19H20Br2/c1-2-3-4-5-6-17-18-12-13-11-14(20)7-8-15(13)16(18)9-10-19(17)21/h7-11H,2-6,12H2,1H3. The second kappa shape index (κ2) is 6.66. The molecule has 110 valence electrons. The second-order valence-corrected chi connectivity index (χ2v) is 7.61. The van der Waals surface area contributed by atoms with E-state index >= 15 is 0 Å². The zero-order chi connectivity index (χ0) is 14.8. The minimum atomic E-state index is 1.08. The third-order valence-corrected chi connectivity index (χ3v) is 5.62. The van der Waals surface area contributed by atoms with Crippen molar-refractivity contribution < 1.29 is 0 Å². The van der Waals surface area contributed by atoms with Crippen LogP contribution in [-0.4, -0.2) is 0 Å². The Morgan fingerprint density at radius 1 is 0.952 bits per heavy atom. The fourth-order valence-electron chi connectivity index (χ4n) is 3.28. The van der Waals surface area contributed by atoms with Crippen molar-refractivity contribution >= 4 is 31.9 Å². The van der Waals surface area contributed by atoms with Gasteiger partial charge in [-0.25, -0.2) is 0 Å². The van der Waals surface area contributed by atoms with Crippen LogP contribution in [0, 0.1) is 0 Å². The number of fused-ring (bicyclic) bond motifs is 3. The lowest BCUT2D eigenvalue weighted by Gasteiger charge is -2.11. The molecule has 0 heterocycles. The average molecular weight is 408 g/mol. The summed E-state index contributed by atoms with van der Waals surface area (Å²) >= 11 is 7.36. The van der Waals surface area contributed by atoms with Gasteiger partial charge in [0.15, 0.2) is 0 Å². The van der Waals surface area contributed by atoms with Crippen LogP contribution in [-0.2, 0) is 12.8 Å². The predicted molar refractivity (Wildman–Crippen MR) is 97.9 cm³/mol. The third-order valence-electron chi connectivity index (χ3n) is 4.38. The predicted octanol–water partition coefficient (Wildman–Crippen LogP) is 6.91. The first-order valence-electron chi connectivity index (χ1n) is 7.79. The highest BCUT2D eigenvalue weighted by Crippen LogP contribution is 2.42. The molecule has 0 amide bonds. The summed E-state index contributed by atoms with van der Waals surface area (Å²) in [7, 11) is 0. The van der Waals surface area contributed by atoms with Crippen molar-refractivity contribution in [3.8, 4) is 11.1 Å². The van der Waals surface area contributed by atoms with Gasteiger partial charge in [0.25, 0.3) is 0 Å². The van der Waals surface area contributed by atoms with Crippen LogP contribution >= 0.6 is 31.9 Å². The van der Waals surface area contributed by atoms with Gasteiger partial charge in [-0.2, -0.15) is 0 Å². The SMILES string of the molecule is CCCCCCc1c(Br)ccc2c1Cc1cc(Br)ccc1-2. The van der Waals surface area contributed by atoms with Crippen LogP contribution in [0.4, 0.5) is 0 Å². The molecule has 1 aliphatic rings. The van der Waals surface area contributed by atoms with Crippen LogP contribution in [0.25, 0.3) is 11.1 Å². The van der Waals surface area contributed by atoms with E-state index in [-0.39, 0.29) is 0 Å². The molecule has 21 heavy (non-hydrogen) atoms. The van der Waals surface area contributed by atoms with Crippen molar-refractivity contribution in [3.63, 3.8) is 0 Å². The molecule has 2 heteroatoms. The lowest BCUT2D eigenvalue weighted by molar-refractivity contribution is 0.664. The first-order chi connectivity index (χ1) is 10.2. The summed E-state index contributed by atoms with van der Waals surface area (Å²) in [5.41, 5.74) is 7.36. The van der Waals surface area contributed by atoms with E-state index in [1.54, 1.807) is 0 Å². The molecule has 0 bridgehead atoms. The van der Waals surface area contributed by atoms with Gasteiger partial charge in [0, 0.05) is 8.95 Å². The van der Waals surface area contributed by atoms with Crippen LogP contribution in [0.3, 0.4) is 0 Å². The number of hydrogen-bond acceptors (Lipinski definition) is 0. The molecule has 0 N–H and O–H groups in total. The number of unbranched alkanes of at least 4 members (excludes halogenated alkanes) is 3. The van der Waals surface area contributed by atoms with Gasteiger partial charge < -0.3 is 0 Å². The Morgan fingerprint density at radius 3 is 2.57 bits per heavy atom. The van der Waals surface area contributed by atoms with E-state index in [9.17, 15) is 0 Å². The molecule has 0 aliphatic heterocycles. The lowest BCUT2D eigenvalue weighted by atomic mass is 9.97. The van der Waals surface area contributed by atoms with Gasteiger partial charge in [0.05, 0.1) is 0 Å². The molecule has 0 saturated carbocycles. The second-order valence-electron chi connectivity index (χ2n) is 5.84. The molecule has 0 unspecified atom stereocenters. The smallest absolute Gasteiger partial charge is 0.0210 e. The summed E-state index contributed by atoms with van der Waals surface area (Å²) in [5.74, 6) is 0. The van der Waals surface area contributed by atoms with Crippen LogP contribution in [0.15, 0.2) is 39.3 Å². The molecule has 0 atom stereocenters. The molecular weight excluding hydrogens is 388 g/mol. The van der Waals surface area contributed by atoms with Crippen LogP contribution in [0.2, 0.25) is 0 Å². The number of hydrogen-bond donors (Lipinski definition) is 0. The van der Waals surface area contributed by atoms with Crippen LogP contribution < -0.4 is 0 Å². The van der Waals surface area contributed by atoms with Crippen molar-refractivity contribution in [2.24, 2.45) is 0 Å². The van der Waals surface area contributed by atoms with Gasteiger partial charge in [0.2, 0.25) is 0 Å². The number of benzene rings is 2. The average Bonchev–Trinajstić information content (AvgIpc) is 2.82. The third kappa shape index (κ3) is 3.12. The Hall–Kier alpha value is -0.600. The molecule has 3 rings (SSSR count). The maximum Gasteiger partial charge on any atom is 0.0210 e. The number of rotatable bonds is 5. The van der Waals surface area contributed by atoms with Gasteiger partial charge in [-0.15, -0.1) is 0 Å². The van der Waals surface area contributed by atoms with E-state index in [4.69, 9.17) is 0 Å². The van der Waals surface area contributed by atoms with Gasteiger partial charge >= 0.3 is 0 Å². The van der Waals surface area contributed by atoms with Crippen molar-refractivity contribution in [1.29, 1.82) is 0 Å². The zero-order valence-corrected chi connectivity index (χ0v) is 15.6. The van der Waals surface area contributed by atoms with Gasteiger partial charge in [-0.05, 0) is 65.3 Å². The minimum Gasteiger partial charge on any atom is -0.0654 e. The van der Waals surface area contributed by atoms with Crippen molar-refractivity contribution in [2.45, 2.75) is 45.4 Å². The van der Waals surface area contributed by atoms with E-state index in [2.05, 4.69) is 69.1 Å². The Morgan fingerprint density at radius 2 is 1.76 bits per heavy atom. The largest absolute Gasteiger partial charge is 0.0654 e. The fourth-order valence-corrected chi connectivity index (χ4v) is 4.26. The summed E-state index contributed by atoms with van der Waals surface area (Å²) in [5, 5.41) is 0. The maximum absolute atomic E-state index is 3.77. The molecule has 0 spiro atoms. The van der Waals surface area contributed by atoms with Crippen molar-refractivity contribution in [3.05, 3.63) is 56.0 Å². The molecule has 0 radical (unpaired) electrons.